The van der Waals surface area contributed by atoms with E-state index in [1.165, 1.54) is 17.8 Å². The summed E-state index contributed by atoms with van der Waals surface area (Å²) in [6.45, 7) is 4.85. The largest absolute Gasteiger partial charge is 0.383 e. The van der Waals surface area contributed by atoms with Crippen LogP contribution < -0.4 is 11.1 Å². The minimum Gasteiger partial charge on any atom is -0.383 e. The number of thioether (sulfide) groups is 1. The maximum Gasteiger partial charge on any atom is 0.136 e. The number of hydrogen-bond donors (Lipinski definition) is 2. The predicted octanol–water partition coefficient (Wildman–Crippen LogP) is 3.55. The SMILES string of the molecule is CCNC(CSc1ccccc1F)c1cc(C)cnc1N. The van der Waals surface area contributed by atoms with E-state index < -0.39 is 0 Å². The second kappa shape index (κ2) is 7.43. The molecule has 1 atom stereocenters. The third-order valence-corrected chi connectivity index (χ3v) is 4.30. The fraction of sp³-hybridized carbons (Fsp3) is 0.312. The molecule has 2 aromatic rings. The quantitative estimate of drug-likeness (QED) is 0.801. The standard InChI is InChI=1S/C16H20FN3S/c1-3-19-14(12-8-11(2)9-20-16(12)18)10-21-15-7-5-4-6-13(15)17/h4-9,14,19H,3,10H2,1-2H3,(H2,18,20). The van der Waals surface area contributed by atoms with Gasteiger partial charge in [0.05, 0.1) is 0 Å². The molecule has 2 rings (SSSR count). The number of hydrogen-bond acceptors (Lipinski definition) is 4. The Balaban J connectivity index is 2.16. The highest BCUT2D eigenvalue weighted by Crippen LogP contribution is 2.28. The van der Waals surface area contributed by atoms with Crippen molar-refractivity contribution in [3.63, 3.8) is 0 Å². The monoisotopic (exact) mass is 305 g/mol. The summed E-state index contributed by atoms with van der Waals surface area (Å²) in [4.78, 5) is 4.86. The van der Waals surface area contributed by atoms with Crippen molar-refractivity contribution in [2.45, 2.75) is 24.8 Å². The van der Waals surface area contributed by atoms with Crippen LogP contribution in [0.2, 0.25) is 0 Å². The van der Waals surface area contributed by atoms with E-state index in [9.17, 15) is 4.39 Å². The molecule has 0 saturated carbocycles. The number of anilines is 1. The smallest absolute Gasteiger partial charge is 0.136 e. The zero-order chi connectivity index (χ0) is 15.2. The molecule has 3 nitrogen and oxygen atoms in total. The van der Waals surface area contributed by atoms with E-state index in [-0.39, 0.29) is 11.9 Å². The van der Waals surface area contributed by atoms with Crippen LogP contribution in [0.3, 0.4) is 0 Å². The number of nitrogens with zero attached hydrogens (tertiary/aromatic N) is 1. The van der Waals surface area contributed by atoms with Crippen LogP contribution in [0.15, 0.2) is 41.4 Å². The van der Waals surface area contributed by atoms with Crippen LogP contribution in [0.5, 0.6) is 0 Å². The Morgan fingerprint density at radius 1 is 1.38 bits per heavy atom. The molecule has 0 aliphatic carbocycles. The van der Waals surface area contributed by atoms with Crippen molar-refractivity contribution in [2.24, 2.45) is 0 Å². The van der Waals surface area contributed by atoms with Crippen LogP contribution in [-0.4, -0.2) is 17.3 Å². The Morgan fingerprint density at radius 2 is 2.14 bits per heavy atom. The maximum atomic E-state index is 13.7. The summed E-state index contributed by atoms with van der Waals surface area (Å²) >= 11 is 1.48. The Kier molecular flexibility index (Phi) is 5.59. The highest BCUT2D eigenvalue weighted by Gasteiger charge is 2.16. The predicted molar refractivity (Wildman–Crippen MR) is 86.9 cm³/mol. The molecule has 0 fully saturated rings. The van der Waals surface area contributed by atoms with Crippen molar-refractivity contribution in [2.75, 3.05) is 18.0 Å². The number of nitrogens with one attached hydrogen (secondary N) is 1. The van der Waals surface area contributed by atoms with Crippen LogP contribution in [-0.2, 0) is 0 Å². The van der Waals surface area contributed by atoms with Crippen LogP contribution in [0.4, 0.5) is 10.2 Å². The lowest BCUT2D eigenvalue weighted by atomic mass is 10.1. The van der Waals surface area contributed by atoms with E-state index in [1.807, 2.05) is 26.0 Å². The van der Waals surface area contributed by atoms with Gasteiger partial charge in [-0.2, -0.15) is 0 Å². The lowest BCUT2D eigenvalue weighted by Gasteiger charge is -2.19. The molecular formula is C16H20FN3S. The minimum absolute atomic E-state index is 0.0482. The first-order valence-corrected chi connectivity index (χ1v) is 7.93. The number of halogens is 1. The zero-order valence-corrected chi connectivity index (χ0v) is 13.1. The first kappa shape index (κ1) is 15.8. The molecule has 21 heavy (non-hydrogen) atoms. The molecule has 1 heterocycles. The molecule has 0 spiro atoms. The highest BCUT2D eigenvalue weighted by atomic mass is 32.2. The lowest BCUT2D eigenvalue weighted by molar-refractivity contribution is 0.595. The van der Waals surface area contributed by atoms with E-state index in [2.05, 4.69) is 10.3 Å². The zero-order valence-electron chi connectivity index (χ0n) is 12.3. The molecule has 1 unspecified atom stereocenters. The Bertz CT molecular complexity index is 604. The molecular weight excluding hydrogens is 285 g/mol. The number of pyridine rings is 1. The molecule has 0 aliphatic heterocycles. The second-order valence-electron chi connectivity index (χ2n) is 4.84. The van der Waals surface area contributed by atoms with Crippen LogP contribution in [0.1, 0.15) is 24.1 Å². The summed E-state index contributed by atoms with van der Waals surface area (Å²) in [6, 6.07) is 8.90. The molecule has 0 radical (unpaired) electrons. The van der Waals surface area contributed by atoms with Gasteiger partial charge in [-0.05, 0) is 37.2 Å². The van der Waals surface area contributed by atoms with Crippen molar-refractivity contribution in [3.8, 4) is 0 Å². The van der Waals surface area contributed by atoms with Gasteiger partial charge in [0.25, 0.3) is 0 Å². The molecule has 1 aromatic carbocycles. The number of nitrogens with two attached hydrogens (primary N) is 1. The summed E-state index contributed by atoms with van der Waals surface area (Å²) in [7, 11) is 0. The average molecular weight is 305 g/mol. The number of aryl methyl sites for hydroxylation is 1. The van der Waals surface area contributed by atoms with E-state index in [0.717, 1.165) is 17.7 Å². The number of aromatic nitrogens is 1. The van der Waals surface area contributed by atoms with Gasteiger partial charge >= 0.3 is 0 Å². The molecule has 0 saturated heterocycles. The molecule has 0 amide bonds. The lowest BCUT2D eigenvalue weighted by Crippen LogP contribution is -2.24. The molecule has 1 aromatic heterocycles. The first-order chi connectivity index (χ1) is 10.1. The topological polar surface area (TPSA) is 50.9 Å². The van der Waals surface area contributed by atoms with Gasteiger partial charge in [-0.15, -0.1) is 11.8 Å². The van der Waals surface area contributed by atoms with E-state index in [0.29, 0.717) is 16.5 Å². The average Bonchev–Trinajstić information content (AvgIpc) is 2.48. The van der Waals surface area contributed by atoms with Crippen molar-refractivity contribution in [1.29, 1.82) is 0 Å². The van der Waals surface area contributed by atoms with E-state index in [4.69, 9.17) is 5.73 Å². The Hall–Kier alpha value is -1.59. The van der Waals surface area contributed by atoms with Gasteiger partial charge in [0.1, 0.15) is 11.6 Å². The van der Waals surface area contributed by atoms with Gasteiger partial charge in [0.15, 0.2) is 0 Å². The van der Waals surface area contributed by atoms with Crippen LogP contribution in [0.25, 0.3) is 0 Å². The van der Waals surface area contributed by atoms with Crippen molar-refractivity contribution < 1.29 is 4.39 Å². The van der Waals surface area contributed by atoms with Gasteiger partial charge in [0, 0.05) is 28.5 Å². The maximum absolute atomic E-state index is 13.7. The summed E-state index contributed by atoms with van der Waals surface area (Å²) in [5.74, 6) is 1.04. The van der Waals surface area contributed by atoms with Gasteiger partial charge in [-0.25, -0.2) is 9.37 Å². The third-order valence-electron chi connectivity index (χ3n) is 3.15. The first-order valence-electron chi connectivity index (χ1n) is 6.94. The van der Waals surface area contributed by atoms with Crippen LogP contribution >= 0.6 is 11.8 Å². The van der Waals surface area contributed by atoms with Gasteiger partial charge in [-0.3, -0.25) is 0 Å². The second-order valence-corrected chi connectivity index (χ2v) is 5.90. The third kappa shape index (κ3) is 4.19. The summed E-state index contributed by atoms with van der Waals surface area (Å²) in [5, 5.41) is 3.39. The van der Waals surface area contributed by atoms with Crippen molar-refractivity contribution in [3.05, 3.63) is 53.5 Å². The molecule has 3 N–H and O–H groups in total. The van der Waals surface area contributed by atoms with Gasteiger partial charge in [-0.1, -0.05) is 19.1 Å². The summed E-state index contributed by atoms with van der Waals surface area (Å²) in [5.41, 5.74) is 8.03. The fourth-order valence-corrected chi connectivity index (χ4v) is 3.15. The van der Waals surface area contributed by atoms with Crippen LogP contribution in [0, 0.1) is 12.7 Å². The summed E-state index contributed by atoms with van der Waals surface area (Å²) in [6.07, 6.45) is 1.76. The van der Waals surface area contributed by atoms with Crippen molar-refractivity contribution in [1.82, 2.24) is 10.3 Å². The van der Waals surface area contributed by atoms with E-state index >= 15 is 0 Å². The number of nitrogen functional groups attached to an aromatic ring is 1. The van der Waals surface area contributed by atoms with Crippen molar-refractivity contribution >= 4 is 17.6 Å². The Morgan fingerprint density at radius 3 is 2.86 bits per heavy atom. The van der Waals surface area contributed by atoms with Gasteiger partial charge < -0.3 is 11.1 Å². The normalized spacial score (nSPS) is 12.3. The highest BCUT2D eigenvalue weighted by molar-refractivity contribution is 7.99. The summed E-state index contributed by atoms with van der Waals surface area (Å²) < 4.78 is 13.7. The number of benzene rings is 1. The molecule has 0 aliphatic rings. The fourth-order valence-electron chi connectivity index (χ4n) is 2.12. The molecule has 5 heteroatoms. The molecule has 112 valence electrons. The van der Waals surface area contributed by atoms with E-state index in [1.54, 1.807) is 18.3 Å². The molecule has 0 bridgehead atoms. The van der Waals surface area contributed by atoms with Gasteiger partial charge in [0.2, 0.25) is 0 Å². The Labute approximate surface area is 129 Å². The number of rotatable bonds is 6. The minimum atomic E-state index is -0.187.